The maximum absolute atomic E-state index is 13.2. The summed E-state index contributed by atoms with van der Waals surface area (Å²) in [7, 11) is 2.08. The predicted molar refractivity (Wildman–Crippen MR) is 101 cm³/mol. The van der Waals surface area contributed by atoms with Crippen LogP contribution >= 0.6 is 0 Å². The lowest BCUT2D eigenvalue weighted by molar-refractivity contribution is -0.384. The third kappa shape index (κ3) is 5.42. The van der Waals surface area contributed by atoms with Crippen LogP contribution < -0.4 is 9.64 Å². The van der Waals surface area contributed by atoms with Crippen LogP contribution in [0.4, 0.5) is 28.9 Å². The molecule has 32 heavy (non-hydrogen) atoms. The molecule has 0 saturated heterocycles. The zero-order chi connectivity index (χ0) is 24.1. The monoisotopic (exact) mass is 460 g/mol. The highest BCUT2D eigenvalue weighted by Gasteiger charge is 2.42. The Bertz CT molecular complexity index is 1010. The first-order chi connectivity index (χ1) is 15.0. The first kappa shape index (κ1) is 24.4. The van der Waals surface area contributed by atoms with E-state index in [-0.39, 0.29) is 11.3 Å². The molecule has 0 bridgehead atoms. The van der Waals surface area contributed by atoms with Crippen LogP contribution in [0.3, 0.4) is 0 Å². The van der Waals surface area contributed by atoms with Crippen LogP contribution in [0.15, 0.2) is 53.9 Å². The fourth-order valence-corrected chi connectivity index (χ4v) is 2.50. The van der Waals surface area contributed by atoms with Crippen molar-refractivity contribution in [1.29, 1.82) is 0 Å². The van der Waals surface area contributed by atoms with Crippen molar-refractivity contribution in [2.75, 3.05) is 25.7 Å². The van der Waals surface area contributed by atoms with Crippen molar-refractivity contribution in [3.63, 3.8) is 0 Å². The van der Waals surface area contributed by atoms with Crippen molar-refractivity contribution in [2.45, 2.75) is 12.3 Å². The third-order valence-electron chi connectivity index (χ3n) is 4.00. The predicted octanol–water partition coefficient (Wildman–Crippen LogP) is 3.36. The van der Waals surface area contributed by atoms with E-state index < -0.39 is 53.0 Å². The number of methoxy groups -OCH3 is 2. The van der Waals surface area contributed by atoms with Crippen molar-refractivity contribution in [3.8, 4) is 5.75 Å². The number of rotatable bonds is 8. The zero-order valence-electron chi connectivity index (χ0n) is 16.6. The fraction of sp³-hybridized carbons (Fsp3) is 0.263. The summed E-state index contributed by atoms with van der Waals surface area (Å²) >= 11 is 0. The highest BCUT2D eigenvalue weighted by Crippen LogP contribution is 2.34. The number of esters is 2. The number of carbonyl (C=O) groups is 2. The van der Waals surface area contributed by atoms with Crippen molar-refractivity contribution in [1.82, 2.24) is 0 Å². The first-order valence-corrected chi connectivity index (χ1v) is 8.65. The average molecular weight is 460 g/mol. The molecule has 1 aromatic carbocycles. The minimum Gasteiger partial charge on any atom is -0.487 e. The molecule has 0 spiro atoms. The van der Waals surface area contributed by atoms with Gasteiger partial charge in [0.15, 0.2) is 6.61 Å². The lowest BCUT2D eigenvalue weighted by Gasteiger charge is -2.23. The quantitative estimate of drug-likeness (QED) is 0.252. The van der Waals surface area contributed by atoms with Gasteiger partial charge in [-0.3, -0.25) is 10.1 Å². The summed E-state index contributed by atoms with van der Waals surface area (Å²) in [5.41, 5.74) is -1.53. The van der Waals surface area contributed by atoms with Crippen molar-refractivity contribution in [3.05, 3.63) is 64.0 Å². The molecular formula is C19H16F4N2O7. The lowest BCUT2D eigenvalue weighted by atomic mass is 10.1. The third-order valence-corrected chi connectivity index (χ3v) is 4.00. The second kappa shape index (κ2) is 9.94. The van der Waals surface area contributed by atoms with Crippen LogP contribution in [0, 0.1) is 10.1 Å². The minimum atomic E-state index is -4.51. The largest absolute Gasteiger partial charge is 0.487 e. The van der Waals surface area contributed by atoms with E-state index in [0.29, 0.717) is 0 Å². The van der Waals surface area contributed by atoms with Crippen molar-refractivity contribution < 1.29 is 46.3 Å². The van der Waals surface area contributed by atoms with Crippen LogP contribution in [0.25, 0.3) is 0 Å². The van der Waals surface area contributed by atoms with Crippen molar-refractivity contribution in [2.24, 2.45) is 0 Å². The van der Waals surface area contributed by atoms with Gasteiger partial charge >= 0.3 is 24.3 Å². The maximum Gasteiger partial charge on any atom is 0.355 e. The summed E-state index contributed by atoms with van der Waals surface area (Å²) in [6, 6.07) is 2.68. The second-order valence-electron chi connectivity index (χ2n) is 6.11. The molecule has 9 nitrogen and oxygen atoms in total. The molecule has 0 aromatic heterocycles. The number of nitrogens with zero attached hydrogens (tertiary/aromatic N) is 2. The second-order valence-corrected chi connectivity index (χ2v) is 6.11. The van der Waals surface area contributed by atoms with Gasteiger partial charge < -0.3 is 19.1 Å². The molecule has 0 atom stereocenters. The van der Waals surface area contributed by atoms with Gasteiger partial charge in [-0.15, -0.1) is 0 Å². The highest BCUT2D eigenvalue weighted by atomic mass is 19.3. The van der Waals surface area contributed by atoms with Gasteiger partial charge in [0.05, 0.1) is 36.5 Å². The van der Waals surface area contributed by atoms with E-state index in [0.717, 1.165) is 37.3 Å². The number of halogens is 4. The molecule has 1 aliphatic rings. The highest BCUT2D eigenvalue weighted by molar-refractivity contribution is 6.05. The molecule has 1 heterocycles. The molecule has 172 valence electrons. The van der Waals surface area contributed by atoms with Crippen molar-refractivity contribution >= 4 is 23.3 Å². The van der Waals surface area contributed by atoms with E-state index in [4.69, 9.17) is 0 Å². The fourth-order valence-electron chi connectivity index (χ4n) is 2.50. The van der Waals surface area contributed by atoms with E-state index in [2.05, 4.69) is 14.2 Å². The number of alkyl halides is 4. The number of benzene rings is 1. The number of nitro benzene ring substituents is 1. The van der Waals surface area contributed by atoms with Gasteiger partial charge in [0, 0.05) is 18.3 Å². The first-order valence-electron chi connectivity index (χ1n) is 8.65. The number of non-ortho nitro benzene ring substituents is 1. The Kier molecular flexibility index (Phi) is 7.57. The number of hydrogen-bond donors (Lipinski definition) is 0. The number of allylic oxidation sites excluding steroid dienone is 2. The number of nitro groups is 1. The van der Waals surface area contributed by atoms with E-state index in [1.54, 1.807) is 0 Å². The maximum atomic E-state index is 13.2. The summed E-state index contributed by atoms with van der Waals surface area (Å²) in [5, 5.41) is 11.3. The molecule has 1 aliphatic heterocycles. The Morgan fingerprint density at radius 1 is 1.12 bits per heavy atom. The molecular weight excluding hydrogens is 444 g/mol. The molecule has 0 unspecified atom stereocenters. The Labute approximate surface area is 178 Å². The summed E-state index contributed by atoms with van der Waals surface area (Å²) in [5.74, 6) is -7.02. The van der Waals surface area contributed by atoms with E-state index >= 15 is 0 Å². The molecule has 0 saturated carbocycles. The van der Waals surface area contributed by atoms with E-state index in [9.17, 15) is 37.3 Å². The van der Waals surface area contributed by atoms with Crippen LogP contribution in [0.2, 0.25) is 0 Å². The molecule has 0 N–H and O–H groups in total. The van der Waals surface area contributed by atoms with Gasteiger partial charge in [0.25, 0.3) is 5.69 Å². The molecule has 13 heteroatoms. The molecule has 0 fully saturated rings. The molecule has 0 radical (unpaired) electrons. The topological polar surface area (TPSA) is 108 Å². The summed E-state index contributed by atoms with van der Waals surface area (Å²) in [6.07, 6.45) is 1.18. The van der Waals surface area contributed by atoms with Gasteiger partial charge in [0.2, 0.25) is 0 Å². The number of hydrogen-bond acceptors (Lipinski definition) is 8. The Morgan fingerprint density at radius 3 is 2.34 bits per heavy atom. The van der Waals surface area contributed by atoms with Crippen LogP contribution in [0.5, 0.6) is 5.75 Å². The number of carbonyl (C=O) groups excluding carboxylic acids is 2. The van der Waals surface area contributed by atoms with E-state index in [1.807, 2.05) is 0 Å². The van der Waals surface area contributed by atoms with Gasteiger partial charge in [-0.1, -0.05) is 6.08 Å². The Balaban J connectivity index is 2.62. The Morgan fingerprint density at radius 2 is 1.78 bits per heavy atom. The molecule has 0 amide bonds. The number of anilines is 1. The van der Waals surface area contributed by atoms with Gasteiger partial charge in [-0.05, 0) is 12.2 Å². The van der Waals surface area contributed by atoms with Crippen LogP contribution in [-0.2, 0) is 19.1 Å². The molecule has 0 aliphatic carbocycles. The van der Waals surface area contributed by atoms with Gasteiger partial charge in [-0.25, -0.2) is 18.4 Å². The molecule has 2 rings (SSSR count). The standard InChI is InChI=1S/C19H16F4N2O7/c1-30-16(26)14-5-3-4-6-24(15(14)17(27)31-2)11-7-12(25(28)29)9-13(8-11)32-10-19(22,23)18(20)21/h3-9,18H,10H2,1-2H3. The van der Waals surface area contributed by atoms with Crippen LogP contribution in [-0.4, -0.2) is 50.0 Å². The van der Waals surface area contributed by atoms with Gasteiger partial charge in [-0.2, -0.15) is 8.78 Å². The SMILES string of the molecule is COC(=O)C1=C(C(=O)OC)N(c2cc(OCC(F)(F)C(F)F)cc([N+](=O)[O-])c2)C=CC=C1. The van der Waals surface area contributed by atoms with Gasteiger partial charge in [0.1, 0.15) is 11.4 Å². The minimum absolute atomic E-state index is 0.184. The summed E-state index contributed by atoms with van der Waals surface area (Å²) in [4.78, 5) is 36.0. The summed E-state index contributed by atoms with van der Waals surface area (Å²) < 4.78 is 65.3. The van der Waals surface area contributed by atoms with E-state index in [1.165, 1.54) is 24.4 Å². The number of ether oxygens (including phenoxy) is 3. The Hall–Kier alpha value is -3.90. The van der Waals surface area contributed by atoms with Crippen LogP contribution in [0.1, 0.15) is 0 Å². The molecule has 1 aromatic rings. The normalized spacial score (nSPS) is 13.8. The smallest absolute Gasteiger partial charge is 0.355 e. The lowest BCUT2D eigenvalue weighted by Crippen LogP contribution is -2.33. The average Bonchev–Trinajstić information content (AvgIpc) is 2.99. The zero-order valence-corrected chi connectivity index (χ0v) is 16.6. The summed E-state index contributed by atoms with van der Waals surface area (Å²) in [6.45, 7) is -1.75.